The van der Waals surface area contributed by atoms with E-state index < -0.39 is 0 Å². The summed E-state index contributed by atoms with van der Waals surface area (Å²) in [6.45, 7) is 1.10. The number of aromatic nitrogens is 1. The highest BCUT2D eigenvalue weighted by atomic mass is 16.5. The van der Waals surface area contributed by atoms with Crippen molar-refractivity contribution in [1.82, 2.24) is 10.3 Å². The minimum Gasteiger partial charge on any atom is -0.481 e. The Morgan fingerprint density at radius 3 is 3.00 bits per heavy atom. The first kappa shape index (κ1) is 7.55. The molecule has 3 heteroatoms. The molecule has 0 bridgehead atoms. The van der Waals surface area contributed by atoms with Crippen LogP contribution in [-0.2, 0) is 0 Å². The molecule has 2 rings (SSSR count). The maximum atomic E-state index is 5.03. The second-order valence-corrected chi connectivity index (χ2v) is 2.90. The zero-order chi connectivity index (χ0) is 8.39. The highest BCUT2D eigenvalue weighted by Gasteiger charge is 2.19. The van der Waals surface area contributed by atoms with Gasteiger partial charge in [0.1, 0.15) is 0 Å². The number of methoxy groups -OCH3 is 1. The Morgan fingerprint density at radius 1 is 1.58 bits per heavy atom. The molecular formula is C9H12N2O. The predicted molar refractivity (Wildman–Crippen MR) is 46.1 cm³/mol. The minimum atomic E-state index is 0.445. The van der Waals surface area contributed by atoms with Gasteiger partial charge in [-0.1, -0.05) is 6.07 Å². The van der Waals surface area contributed by atoms with E-state index in [2.05, 4.69) is 10.3 Å². The van der Waals surface area contributed by atoms with Crippen LogP contribution in [0.2, 0.25) is 0 Å². The summed E-state index contributed by atoms with van der Waals surface area (Å²) in [6, 6.07) is 6.31. The van der Waals surface area contributed by atoms with Crippen molar-refractivity contribution in [3.8, 4) is 5.88 Å². The van der Waals surface area contributed by atoms with E-state index >= 15 is 0 Å². The molecule has 1 aliphatic rings. The van der Waals surface area contributed by atoms with Crippen molar-refractivity contribution in [1.29, 1.82) is 0 Å². The molecule has 1 aromatic heterocycles. The number of rotatable bonds is 2. The van der Waals surface area contributed by atoms with Crippen molar-refractivity contribution in [2.45, 2.75) is 12.5 Å². The molecule has 0 aliphatic carbocycles. The van der Waals surface area contributed by atoms with Crippen molar-refractivity contribution in [3.63, 3.8) is 0 Å². The second kappa shape index (κ2) is 3.11. The van der Waals surface area contributed by atoms with Gasteiger partial charge in [0.15, 0.2) is 0 Å². The molecular weight excluding hydrogens is 152 g/mol. The molecule has 1 aromatic rings. The highest BCUT2D eigenvalue weighted by Crippen LogP contribution is 2.22. The largest absolute Gasteiger partial charge is 0.481 e. The zero-order valence-electron chi connectivity index (χ0n) is 7.08. The summed E-state index contributed by atoms with van der Waals surface area (Å²) in [7, 11) is 1.64. The molecule has 1 aliphatic heterocycles. The molecule has 0 aromatic carbocycles. The van der Waals surface area contributed by atoms with E-state index in [1.54, 1.807) is 7.11 Å². The van der Waals surface area contributed by atoms with Gasteiger partial charge < -0.3 is 10.1 Å². The Labute approximate surface area is 71.8 Å². The van der Waals surface area contributed by atoms with Gasteiger partial charge in [-0.25, -0.2) is 4.98 Å². The van der Waals surface area contributed by atoms with Gasteiger partial charge in [-0.15, -0.1) is 0 Å². The van der Waals surface area contributed by atoms with Gasteiger partial charge in [0.05, 0.1) is 18.8 Å². The molecule has 1 saturated heterocycles. The number of ether oxygens (including phenoxy) is 1. The Bertz CT molecular complexity index is 271. The van der Waals surface area contributed by atoms with E-state index in [1.165, 1.54) is 6.42 Å². The lowest BCUT2D eigenvalue weighted by molar-refractivity contribution is 0.360. The number of pyridine rings is 1. The van der Waals surface area contributed by atoms with Crippen LogP contribution in [-0.4, -0.2) is 18.6 Å². The van der Waals surface area contributed by atoms with Crippen LogP contribution in [0.15, 0.2) is 18.2 Å². The Kier molecular flexibility index (Phi) is 1.96. The van der Waals surface area contributed by atoms with Crippen LogP contribution < -0.4 is 10.1 Å². The molecule has 0 saturated carbocycles. The van der Waals surface area contributed by atoms with E-state index in [0.29, 0.717) is 11.9 Å². The van der Waals surface area contributed by atoms with E-state index in [4.69, 9.17) is 4.74 Å². The van der Waals surface area contributed by atoms with E-state index in [1.807, 2.05) is 18.2 Å². The van der Waals surface area contributed by atoms with Gasteiger partial charge in [-0.2, -0.15) is 0 Å². The van der Waals surface area contributed by atoms with Crippen molar-refractivity contribution in [3.05, 3.63) is 23.9 Å². The highest BCUT2D eigenvalue weighted by molar-refractivity contribution is 5.19. The number of hydrogen-bond donors (Lipinski definition) is 1. The van der Waals surface area contributed by atoms with Gasteiger partial charge in [0.2, 0.25) is 5.88 Å². The average Bonchev–Trinajstić information content (AvgIpc) is 2.02. The van der Waals surface area contributed by atoms with Crippen molar-refractivity contribution in [2.24, 2.45) is 0 Å². The fourth-order valence-corrected chi connectivity index (χ4v) is 1.28. The van der Waals surface area contributed by atoms with E-state index in [0.717, 1.165) is 12.2 Å². The Morgan fingerprint density at radius 2 is 2.42 bits per heavy atom. The molecule has 0 radical (unpaired) electrons. The first-order valence-electron chi connectivity index (χ1n) is 4.14. The third-order valence-electron chi connectivity index (χ3n) is 2.13. The standard InChI is InChI=1S/C9H12N2O/c1-12-9-4-2-3-8(11-9)7-5-6-10-7/h2-4,7,10H,5-6H2,1H3/t7-/m0/s1. The van der Waals surface area contributed by atoms with Gasteiger partial charge in [0.25, 0.3) is 0 Å². The molecule has 0 unspecified atom stereocenters. The topological polar surface area (TPSA) is 34.1 Å². The van der Waals surface area contributed by atoms with Crippen LogP contribution in [0, 0.1) is 0 Å². The maximum Gasteiger partial charge on any atom is 0.213 e. The first-order chi connectivity index (χ1) is 5.90. The molecule has 3 nitrogen and oxygen atoms in total. The minimum absolute atomic E-state index is 0.445. The van der Waals surface area contributed by atoms with Crippen LogP contribution in [0.1, 0.15) is 18.2 Å². The molecule has 1 atom stereocenters. The molecule has 2 heterocycles. The van der Waals surface area contributed by atoms with Crippen molar-refractivity contribution < 1.29 is 4.74 Å². The van der Waals surface area contributed by atoms with Crippen LogP contribution in [0.4, 0.5) is 0 Å². The zero-order valence-corrected chi connectivity index (χ0v) is 7.08. The summed E-state index contributed by atoms with van der Waals surface area (Å²) in [4.78, 5) is 4.33. The first-order valence-corrected chi connectivity index (χ1v) is 4.14. The molecule has 12 heavy (non-hydrogen) atoms. The van der Waals surface area contributed by atoms with Crippen molar-refractivity contribution >= 4 is 0 Å². The molecule has 1 N–H and O–H groups in total. The number of hydrogen-bond acceptors (Lipinski definition) is 3. The fraction of sp³-hybridized carbons (Fsp3) is 0.444. The van der Waals surface area contributed by atoms with Gasteiger partial charge in [-0.05, 0) is 19.0 Å². The molecule has 64 valence electrons. The lowest BCUT2D eigenvalue weighted by Gasteiger charge is -2.26. The third-order valence-corrected chi connectivity index (χ3v) is 2.13. The SMILES string of the molecule is COc1cccc([C@@H]2CCN2)n1. The van der Waals surface area contributed by atoms with E-state index in [-0.39, 0.29) is 0 Å². The summed E-state index contributed by atoms with van der Waals surface area (Å²) in [5, 5.41) is 3.30. The second-order valence-electron chi connectivity index (χ2n) is 2.90. The van der Waals surface area contributed by atoms with Crippen molar-refractivity contribution in [2.75, 3.05) is 13.7 Å². The summed E-state index contributed by atoms with van der Waals surface area (Å²) in [5.41, 5.74) is 1.08. The van der Waals surface area contributed by atoms with Gasteiger partial charge >= 0.3 is 0 Å². The Balaban J connectivity index is 2.19. The van der Waals surface area contributed by atoms with E-state index in [9.17, 15) is 0 Å². The number of nitrogens with zero attached hydrogens (tertiary/aromatic N) is 1. The lowest BCUT2D eigenvalue weighted by atomic mass is 10.0. The third kappa shape index (κ3) is 1.28. The quantitative estimate of drug-likeness (QED) is 0.711. The maximum absolute atomic E-state index is 5.03. The molecule has 0 amide bonds. The summed E-state index contributed by atoms with van der Waals surface area (Å²) in [6.07, 6.45) is 1.18. The summed E-state index contributed by atoms with van der Waals surface area (Å²) < 4.78 is 5.03. The number of nitrogens with one attached hydrogen (secondary N) is 1. The van der Waals surface area contributed by atoms with Crippen LogP contribution in [0.3, 0.4) is 0 Å². The molecule has 0 spiro atoms. The fourth-order valence-electron chi connectivity index (χ4n) is 1.28. The predicted octanol–water partition coefficient (Wildman–Crippen LogP) is 1.12. The average molecular weight is 164 g/mol. The summed E-state index contributed by atoms with van der Waals surface area (Å²) in [5.74, 6) is 0.696. The lowest BCUT2D eigenvalue weighted by Crippen LogP contribution is -2.35. The van der Waals surface area contributed by atoms with Crippen LogP contribution in [0.5, 0.6) is 5.88 Å². The monoisotopic (exact) mass is 164 g/mol. The van der Waals surface area contributed by atoms with Gasteiger partial charge in [-0.3, -0.25) is 0 Å². The van der Waals surface area contributed by atoms with Crippen LogP contribution in [0.25, 0.3) is 0 Å². The smallest absolute Gasteiger partial charge is 0.213 e. The van der Waals surface area contributed by atoms with Crippen LogP contribution >= 0.6 is 0 Å². The summed E-state index contributed by atoms with van der Waals surface area (Å²) >= 11 is 0. The van der Waals surface area contributed by atoms with Gasteiger partial charge in [0, 0.05) is 6.07 Å². The Hall–Kier alpha value is -1.09. The normalized spacial score (nSPS) is 21.6. The molecule has 1 fully saturated rings.